The van der Waals surface area contributed by atoms with Crippen LogP contribution >= 0.6 is 0 Å². The third-order valence-corrected chi connectivity index (χ3v) is 4.60. The van der Waals surface area contributed by atoms with E-state index in [4.69, 9.17) is 4.74 Å². The van der Waals surface area contributed by atoms with E-state index in [-0.39, 0.29) is 17.5 Å². The van der Waals surface area contributed by atoms with Crippen molar-refractivity contribution in [2.24, 2.45) is 0 Å². The highest BCUT2D eigenvalue weighted by molar-refractivity contribution is 5.94. The molecule has 2 heterocycles. The summed E-state index contributed by atoms with van der Waals surface area (Å²) in [6.45, 7) is 3.27. The van der Waals surface area contributed by atoms with Crippen molar-refractivity contribution in [3.8, 4) is 0 Å². The number of halogens is 1. The Hall–Kier alpha value is -1.46. The number of nitrogens with one attached hydrogen (secondary N) is 2. The van der Waals surface area contributed by atoms with Gasteiger partial charge >= 0.3 is 0 Å². The van der Waals surface area contributed by atoms with Crippen LogP contribution in [0.4, 0.5) is 4.39 Å². The molecule has 120 valence electrons. The van der Waals surface area contributed by atoms with Crippen molar-refractivity contribution < 1.29 is 13.9 Å². The maximum Gasteiger partial charge on any atom is 0.254 e. The minimum atomic E-state index is -0.442. The van der Waals surface area contributed by atoms with Crippen molar-refractivity contribution in [3.63, 3.8) is 0 Å². The number of carbonyl (C=O) groups is 1. The van der Waals surface area contributed by atoms with Gasteiger partial charge in [0, 0.05) is 19.3 Å². The second-order valence-electron chi connectivity index (χ2n) is 6.12. The summed E-state index contributed by atoms with van der Waals surface area (Å²) in [6, 6.07) is 5.07. The molecule has 2 aliphatic rings. The summed E-state index contributed by atoms with van der Waals surface area (Å²) in [5, 5.41) is 6.26. The monoisotopic (exact) mass is 306 g/mol. The van der Waals surface area contributed by atoms with Gasteiger partial charge in [-0.05, 0) is 62.4 Å². The van der Waals surface area contributed by atoms with E-state index in [1.807, 2.05) is 6.07 Å². The maximum atomic E-state index is 14.0. The van der Waals surface area contributed by atoms with Gasteiger partial charge in [0.05, 0.1) is 5.56 Å². The number of hydrogen-bond donors (Lipinski definition) is 2. The number of piperidine rings is 1. The van der Waals surface area contributed by atoms with Crippen molar-refractivity contribution in [1.82, 2.24) is 10.6 Å². The van der Waals surface area contributed by atoms with Crippen molar-refractivity contribution in [3.05, 3.63) is 35.1 Å². The van der Waals surface area contributed by atoms with Crippen molar-refractivity contribution in [2.75, 3.05) is 26.3 Å². The summed E-state index contributed by atoms with van der Waals surface area (Å²) in [6.07, 6.45) is 3.65. The van der Waals surface area contributed by atoms with Crippen molar-refractivity contribution in [2.45, 2.75) is 37.6 Å². The highest BCUT2D eigenvalue weighted by Gasteiger charge is 2.21. The van der Waals surface area contributed by atoms with Gasteiger partial charge in [0.25, 0.3) is 5.91 Å². The highest BCUT2D eigenvalue weighted by Crippen LogP contribution is 2.26. The fourth-order valence-corrected chi connectivity index (χ4v) is 3.23. The Kier molecular flexibility index (Phi) is 5.05. The third kappa shape index (κ3) is 3.65. The molecular weight excluding hydrogens is 283 g/mol. The van der Waals surface area contributed by atoms with Crippen LogP contribution in [-0.2, 0) is 4.74 Å². The first-order chi connectivity index (χ1) is 10.7. The van der Waals surface area contributed by atoms with Gasteiger partial charge in [-0.25, -0.2) is 4.39 Å². The van der Waals surface area contributed by atoms with Crippen LogP contribution in [0.5, 0.6) is 0 Å². The number of hydrogen-bond acceptors (Lipinski definition) is 3. The number of ether oxygens (including phenoxy) is 1. The molecule has 0 atom stereocenters. The Balaban J connectivity index is 1.72. The van der Waals surface area contributed by atoms with E-state index in [1.54, 1.807) is 6.07 Å². The molecule has 0 saturated carbocycles. The predicted octanol–water partition coefficient (Wildman–Crippen LogP) is 2.20. The van der Waals surface area contributed by atoms with Crippen LogP contribution in [0.3, 0.4) is 0 Å². The molecule has 1 aromatic rings. The molecule has 5 heteroatoms. The minimum Gasteiger partial charge on any atom is -0.381 e. The lowest BCUT2D eigenvalue weighted by Gasteiger charge is -2.25. The Morgan fingerprint density at radius 3 is 2.64 bits per heavy atom. The van der Waals surface area contributed by atoms with Crippen LogP contribution in [-0.4, -0.2) is 38.3 Å². The second-order valence-corrected chi connectivity index (χ2v) is 6.12. The molecule has 2 fully saturated rings. The van der Waals surface area contributed by atoms with Crippen molar-refractivity contribution >= 4 is 5.91 Å². The second kappa shape index (κ2) is 7.20. The standard InChI is InChI=1S/C17H23FN2O2/c18-16-2-1-13(12-3-7-19-8-4-12)11-15(16)17(21)20-14-5-9-22-10-6-14/h1-2,11-12,14,19H,3-10H2,(H,20,21). The van der Waals surface area contributed by atoms with Gasteiger partial charge in [0.2, 0.25) is 0 Å². The van der Waals surface area contributed by atoms with E-state index in [9.17, 15) is 9.18 Å². The van der Waals surface area contributed by atoms with E-state index in [1.165, 1.54) is 6.07 Å². The van der Waals surface area contributed by atoms with Gasteiger partial charge in [-0.1, -0.05) is 6.07 Å². The first-order valence-electron chi connectivity index (χ1n) is 8.13. The average Bonchev–Trinajstić information content (AvgIpc) is 2.57. The Bertz CT molecular complexity index is 523. The third-order valence-electron chi connectivity index (χ3n) is 4.60. The van der Waals surface area contributed by atoms with E-state index in [0.717, 1.165) is 44.3 Å². The largest absolute Gasteiger partial charge is 0.381 e. The number of carbonyl (C=O) groups excluding carboxylic acids is 1. The predicted molar refractivity (Wildman–Crippen MR) is 82.6 cm³/mol. The molecule has 0 spiro atoms. The summed E-state index contributed by atoms with van der Waals surface area (Å²) in [7, 11) is 0. The van der Waals surface area contributed by atoms with Gasteiger partial charge in [0.15, 0.2) is 0 Å². The zero-order valence-corrected chi connectivity index (χ0v) is 12.7. The highest BCUT2D eigenvalue weighted by atomic mass is 19.1. The van der Waals surface area contributed by atoms with Crippen LogP contribution in [0.15, 0.2) is 18.2 Å². The minimum absolute atomic E-state index is 0.0863. The molecule has 0 bridgehead atoms. The number of amides is 1. The van der Waals surface area contributed by atoms with Crippen molar-refractivity contribution in [1.29, 1.82) is 0 Å². The Morgan fingerprint density at radius 1 is 1.18 bits per heavy atom. The lowest BCUT2D eigenvalue weighted by molar-refractivity contribution is 0.0694. The van der Waals surface area contributed by atoms with Crippen LogP contribution in [0.25, 0.3) is 0 Å². The summed E-state index contributed by atoms with van der Waals surface area (Å²) in [4.78, 5) is 12.4. The fraction of sp³-hybridized carbons (Fsp3) is 0.588. The van der Waals surface area contributed by atoms with Gasteiger partial charge in [-0.3, -0.25) is 4.79 Å². The van der Waals surface area contributed by atoms with Crippen LogP contribution in [0.1, 0.15) is 47.5 Å². The molecule has 0 aliphatic carbocycles. The Morgan fingerprint density at radius 2 is 1.91 bits per heavy atom. The topological polar surface area (TPSA) is 50.4 Å². The number of rotatable bonds is 3. The maximum absolute atomic E-state index is 14.0. The lowest BCUT2D eigenvalue weighted by Crippen LogP contribution is -2.39. The first-order valence-corrected chi connectivity index (χ1v) is 8.13. The summed E-state index contributed by atoms with van der Waals surface area (Å²) in [5.41, 5.74) is 1.24. The van der Waals surface area contributed by atoms with Gasteiger partial charge in [0.1, 0.15) is 5.82 Å². The van der Waals surface area contributed by atoms with Gasteiger partial charge in [-0.2, -0.15) is 0 Å². The molecule has 0 aromatic heterocycles. The van der Waals surface area contributed by atoms with Crippen LogP contribution in [0.2, 0.25) is 0 Å². The van der Waals surface area contributed by atoms with Gasteiger partial charge < -0.3 is 15.4 Å². The zero-order chi connectivity index (χ0) is 15.4. The SMILES string of the molecule is O=C(NC1CCOCC1)c1cc(C2CCNCC2)ccc1F. The average molecular weight is 306 g/mol. The molecule has 0 radical (unpaired) electrons. The molecule has 0 unspecified atom stereocenters. The molecule has 4 nitrogen and oxygen atoms in total. The van der Waals surface area contributed by atoms with E-state index < -0.39 is 5.82 Å². The lowest BCUT2D eigenvalue weighted by atomic mass is 9.89. The summed E-state index contributed by atoms with van der Waals surface area (Å²) >= 11 is 0. The molecule has 2 saturated heterocycles. The fourth-order valence-electron chi connectivity index (χ4n) is 3.23. The summed E-state index contributed by atoms with van der Waals surface area (Å²) < 4.78 is 19.3. The van der Waals surface area contributed by atoms with Crippen LogP contribution in [0, 0.1) is 5.82 Å². The van der Waals surface area contributed by atoms with E-state index >= 15 is 0 Å². The smallest absolute Gasteiger partial charge is 0.254 e. The normalized spacial score (nSPS) is 20.8. The zero-order valence-electron chi connectivity index (χ0n) is 12.7. The molecule has 2 aliphatic heterocycles. The van der Waals surface area contributed by atoms with Gasteiger partial charge in [-0.15, -0.1) is 0 Å². The first kappa shape index (κ1) is 15.4. The number of benzene rings is 1. The molecular formula is C17H23FN2O2. The molecule has 22 heavy (non-hydrogen) atoms. The van der Waals surface area contributed by atoms with E-state index in [2.05, 4.69) is 10.6 Å². The Labute approximate surface area is 130 Å². The molecule has 3 rings (SSSR count). The quantitative estimate of drug-likeness (QED) is 0.900. The summed E-state index contributed by atoms with van der Waals surface area (Å²) in [5.74, 6) is -0.334. The molecule has 1 aromatic carbocycles. The van der Waals surface area contributed by atoms with E-state index in [0.29, 0.717) is 19.1 Å². The molecule has 2 N–H and O–H groups in total. The van der Waals surface area contributed by atoms with Crippen LogP contribution < -0.4 is 10.6 Å². The molecule has 1 amide bonds.